The Morgan fingerprint density at radius 2 is 1.93 bits per heavy atom. The predicted octanol–water partition coefficient (Wildman–Crippen LogP) is 3.47. The van der Waals surface area contributed by atoms with E-state index in [1.54, 1.807) is 19.1 Å². The first-order valence-electron chi connectivity index (χ1n) is 8.80. The molecule has 9 heteroatoms. The Labute approximate surface area is 172 Å². The third-order valence-electron chi connectivity index (χ3n) is 4.36. The standard InChI is InChI=1S/C20H19N5O3S/c1-5-28-19(27)16(11(2)12(8-21)9-22)24-25-18-14(10-23)13-6-20(3,4)7-15(26)17(13)29-18/h25H,5-7H2,1-4H3/b24-16+. The minimum atomic E-state index is -0.808. The summed E-state index contributed by atoms with van der Waals surface area (Å²) in [5.41, 5.74) is 2.94. The molecule has 0 unspecified atom stereocenters. The van der Waals surface area contributed by atoms with Gasteiger partial charge in [-0.15, -0.1) is 11.3 Å². The number of Topliss-reactive ketones (excluding diaryl/α,β-unsaturated/α-hetero) is 1. The second-order valence-corrected chi connectivity index (χ2v) is 8.20. The summed E-state index contributed by atoms with van der Waals surface area (Å²) in [6, 6.07) is 5.53. The molecule has 1 aromatic heterocycles. The van der Waals surface area contributed by atoms with Crippen LogP contribution in [0.4, 0.5) is 5.00 Å². The molecule has 29 heavy (non-hydrogen) atoms. The number of carbonyl (C=O) groups is 2. The molecule has 8 nitrogen and oxygen atoms in total. The summed E-state index contributed by atoms with van der Waals surface area (Å²) < 4.78 is 4.96. The van der Waals surface area contributed by atoms with Gasteiger partial charge in [0.15, 0.2) is 11.5 Å². The van der Waals surface area contributed by atoms with Crippen LogP contribution in [0.5, 0.6) is 0 Å². The fourth-order valence-corrected chi connectivity index (χ4v) is 4.06. The van der Waals surface area contributed by atoms with E-state index in [0.717, 1.165) is 11.3 Å². The van der Waals surface area contributed by atoms with Crippen LogP contribution in [0.25, 0.3) is 0 Å². The van der Waals surface area contributed by atoms with Gasteiger partial charge in [0.05, 0.1) is 17.0 Å². The molecule has 0 spiro atoms. The van der Waals surface area contributed by atoms with Crippen molar-refractivity contribution in [3.63, 3.8) is 0 Å². The molecule has 1 aromatic rings. The van der Waals surface area contributed by atoms with Crippen molar-refractivity contribution in [1.82, 2.24) is 0 Å². The van der Waals surface area contributed by atoms with Gasteiger partial charge in [-0.25, -0.2) is 4.79 Å². The van der Waals surface area contributed by atoms with E-state index in [1.165, 1.54) is 6.92 Å². The maximum Gasteiger partial charge on any atom is 0.359 e. The number of ether oxygens (including phenoxy) is 1. The molecule has 0 aromatic carbocycles. The molecule has 0 radical (unpaired) electrons. The lowest BCUT2D eigenvalue weighted by Gasteiger charge is -2.28. The number of carbonyl (C=O) groups excluding carboxylic acids is 2. The molecular weight excluding hydrogens is 390 g/mol. The Hall–Kier alpha value is -3.48. The van der Waals surface area contributed by atoms with Crippen LogP contribution < -0.4 is 5.43 Å². The molecule has 0 bridgehead atoms. The Bertz CT molecular complexity index is 1040. The van der Waals surface area contributed by atoms with Crippen LogP contribution in [0, 0.1) is 39.4 Å². The van der Waals surface area contributed by atoms with Gasteiger partial charge >= 0.3 is 5.97 Å². The molecule has 1 aliphatic carbocycles. The Balaban J connectivity index is 2.53. The van der Waals surface area contributed by atoms with E-state index >= 15 is 0 Å². The highest BCUT2D eigenvalue weighted by atomic mass is 32.1. The van der Waals surface area contributed by atoms with E-state index in [1.807, 2.05) is 13.8 Å². The second kappa shape index (κ2) is 8.68. The summed E-state index contributed by atoms with van der Waals surface area (Å²) in [6.07, 6.45) is 0.966. The van der Waals surface area contributed by atoms with E-state index in [9.17, 15) is 14.9 Å². The fourth-order valence-electron chi connectivity index (χ4n) is 3.01. The molecule has 2 rings (SSSR count). The third kappa shape index (κ3) is 4.51. The van der Waals surface area contributed by atoms with Crippen LogP contribution in [0.1, 0.15) is 54.9 Å². The number of hydrogen-bond acceptors (Lipinski definition) is 9. The van der Waals surface area contributed by atoms with Crippen molar-refractivity contribution < 1.29 is 14.3 Å². The van der Waals surface area contributed by atoms with Gasteiger partial charge in [0.2, 0.25) is 0 Å². The third-order valence-corrected chi connectivity index (χ3v) is 5.54. The Morgan fingerprint density at radius 3 is 2.48 bits per heavy atom. The minimum absolute atomic E-state index is 0.0345. The van der Waals surface area contributed by atoms with Crippen LogP contribution in [-0.4, -0.2) is 24.1 Å². The van der Waals surface area contributed by atoms with E-state index in [-0.39, 0.29) is 34.7 Å². The average Bonchev–Trinajstić information content (AvgIpc) is 2.99. The summed E-state index contributed by atoms with van der Waals surface area (Å²) in [5, 5.41) is 32.1. The number of thiophene rings is 1. The van der Waals surface area contributed by atoms with Gasteiger partial charge in [-0.2, -0.15) is 20.9 Å². The quantitative estimate of drug-likeness (QED) is 0.340. The molecule has 1 heterocycles. The Kier molecular flexibility index (Phi) is 6.53. The molecule has 0 saturated heterocycles. The number of hydrogen-bond donors (Lipinski definition) is 1. The van der Waals surface area contributed by atoms with Crippen molar-refractivity contribution in [2.75, 3.05) is 12.0 Å². The molecular formula is C20H19N5O3S. The van der Waals surface area contributed by atoms with Gasteiger partial charge in [-0.3, -0.25) is 10.2 Å². The van der Waals surface area contributed by atoms with Gasteiger partial charge in [-0.05, 0) is 31.2 Å². The number of esters is 1. The Morgan fingerprint density at radius 1 is 1.28 bits per heavy atom. The van der Waals surface area contributed by atoms with E-state index < -0.39 is 5.97 Å². The van der Waals surface area contributed by atoms with Crippen LogP contribution >= 0.6 is 11.3 Å². The van der Waals surface area contributed by atoms with Gasteiger partial charge in [0.1, 0.15) is 28.8 Å². The van der Waals surface area contributed by atoms with Crippen LogP contribution in [0.2, 0.25) is 0 Å². The van der Waals surface area contributed by atoms with E-state index in [4.69, 9.17) is 15.3 Å². The summed E-state index contributed by atoms with van der Waals surface area (Å²) in [5.74, 6) is -0.842. The highest BCUT2D eigenvalue weighted by molar-refractivity contribution is 7.18. The predicted molar refractivity (Wildman–Crippen MR) is 107 cm³/mol. The first-order chi connectivity index (χ1) is 13.7. The van der Waals surface area contributed by atoms with Gasteiger partial charge in [0.25, 0.3) is 0 Å². The number of allylic oxidation sites excluding steroid dienone is 1. The van der Waals surface area contributed by atoms with Crippen LogP contribution in [0.15, 0.2) is 16.2 Å². The SMILES string of the molecule is CCOC(=O)/C(=N/Nc1sc2c(c1C#N)CC(C)(C)CC2=O)C(C)=C(C#N)C#N. The number of fused-ring (bicyclic) bond motifs is 1. The lowest BCUT2D eigenvalue weighted by molar-refractivity contribution is -0.134. The highest BCUT2D eigenvalue weighted by Gasteiger charge is 2.35. The van der Waals surface area contributed by atoms with Gasteiger partial charge < -0.3 is 4.74 Å². The number of anilines is 1. The molecule has 0 aliphatic heterocycles. The zero-order valence-corrected chi connectivity index (χ0v) is 17.4. The van der Waals surface area contributed by atoms with Crippen molar-refractivity contribution >= 4 is 33.8 Å². The normalized spacial score (nSPS) is 14.7. The van der Waals surface area contributed by atoms with Crippen LogP contribution in [-0.2, 0) is 16.0 Å². The van der Waals surface area contributed by atoms with Crippen molar-refractivity contribution in [1.29, 1.82) is 15.8 Å². The summed E-state index contributed by atoms with van der Waals surface area (Å²) >= 11 is 1.11. The van der Waals surface area contributed by atoms with Gasteiger partial charge in [-0.1, -0.05) is 13.8 Å². The molecule has 148 valence electrons. The minimum Gasteiger partial charge on any atom is -0.461 e. The van der Waals surface area contributed by atoms with E-state index in [2.05, 4.69) is 16.6 Å². The monoisotopic (exact) mass is 409 g/mol. The van der Waals surface area contributed by atoms with Crippen LogP contribution in [0.3, 0.4) is 0 Å². The van der Waals surface area contributed by atoms with Crippen molar-refractivity contribution in [2.45, 2.75) is 40.5 Å². The first-order valence-corrected chi connectivity index (χ1v) is 9.62. The number of ketones is 1. The molecule has 0 atom stereocenters. The maximum atomic E-state index is 12.5. The summed E-state index contributed by atoms with van der Waals surface area (Å²) in [6.45, 7) is 7.05. The first kappa shape index (κ1) is 21.8. The average molecular weight is 409 g/mol. The summed E-state index contributed by atoms with van der Waals surface area (Å²) in [4.78, 5) is 25.3. The molecule has 0 saturated carbocycles. The highest BCUT2D eigenvalue weighted by Crippen LogP contribution is 2.43. The molecule has 0 fully saturated rings. The van der Waals surface area contributed by atoms with Gasteiger partial charge in [0, 0.05) is 12.0 Å². The fraction of sp³-hybridized carbons (Fsp3) is 0.400. The largest absolute Gasteiger partial charge is 0.461 e. The number of nitriles is 3. The van der Waals surface area contributed by atoms with Crippen molar-refractivity contribution in [3.8, 4) is 18.2 Å². The lowest BCUT2D eigenvalue weighted by Crippen LogP contribution is -2.26. The topological polar surface area (TPSA) is 139 Å². The number of nitrogens with one attached hydrogen (secondary N) is 1. The number of nitrogens with zero attached hydrogens (tertiary/aromatic N) is 4. The maximum absolute atomic E-state index is 12.5. The van der Waals surface area contributed by atoms with E-state index in [0.29, 0.717) is 33.8 Å². The van der Waals surface area contributed by atoms with Crippen molar-refractivity contribution in [3.05, 3.63) is 27.2 Å². The second-order valence-electron chi connectivity index (χ2n) is 7.18. The number of hydrazone groups is 1. The zero-order chi connectivity index (χ0) is 21.8. The molecule has 1 aliphatic rings. The zero-order valence-electron chi connectivity index (χ0n) is 16.5. The smallest absolute Gasteiger partial charge is 0.359 e. The molecule has 1 N–H and O–H groups in total. The lowest BCUT2D eigenvalue weighted by atomic mass is 9.75. The van der Waals surface area contributed by atoms with Crippen molar-refractivity contribution in [2.24, 2.45) is 10.5 Å². The number of rotatable bonds is 5. The summed E-state index contributed by atoms with van der Waals surface area (Å²) in [7, 11) is 0. The molecule has 0 amide bonds.